The number of hydrogen-bond donors (Lipinski definition) is 4. The molecule has 23 heavy (non-hydrogen) atoms. The number of fused-ring (bicyclic) bond motifs is 1. The van der Waals surface area contributed by atoms with Crippen LogP contribution in [0.5, 0.6) is 11.5 Å². The number of nitriles is 1. The summed E-state index contributed by atoms with van der Waals surface area (Å²) in [5.74, 6) is -0.262. The summed E-state index contributed by atoms with van der Waals surface area (Å²) in [5.41, 5.74) is 7.38. The van der Waals surface area contributed by atoms with Crippen molar-refractivity contribution < 1.29 is 20.3 Å². The quantitative estimate of drug-likeness (QED) is 0.613. The zero-order valence-corrected chi connectivity index (χ0v) is 11.9. The number of benzene rings is 2. The van der Waals surface area contributed by atoms with Crippen molar-refractivity contribution in [1.29, 1.82) is 5.26 Å². The third kappa shape index (κ3) is 2.58. The molecular weight excluding hydrogens is 298 g/mol. The first-order valence-electron chi connectivity index (χ1n) is 6.75. The van der Waals surface area contributed by atoms with Gasteiger partial charge in [0.1, 0.15) is 23.1 Å². The van der Waals surface area contributed by atoms with E-state index >= 15 is 0 Å². The Kier molecular flexibility index (Phi) is 3.64. The number of rotatable bonds is 2. The standard InChI is InChI=1S/C16H13N3O4/c17-8-13-15(9-2-1-3-10(6-9)19(21)22)12-5-4-11(20)7-14(12)23-16(13)18/h1-7,15,19-21H,18H2/t15-/m1/s1. The molecule has 0 spiro atoms. The summed E-state index contributed by atoms with van der Waals surface area (Å²) in [6.07, 6.45) is 0. The predicted molar refractivity (Wildman–Crippen MR) is 79.6 cm³/mol. The van der Waals surface area contributed by atoms with Gasteiger partial charge in [0, 0.05) is 23.8 Å². The third-order valence-corrected chi connectivity index (χ3v) is 3.67. The first kappa shape index (κ1) is 14.9. The van der Waals surface area contributed by atoms with Gasteiger partial charge in [-0.25, -0.2) is 5.21 Å². The fraction of sp³-hybridized carbons (Fsp3) is 0.0625. The number of ether oxygens (including phenoxy) is 1. The molecule has 1 aliphatic heterocycles. The van der Waals surface area contributed by atoms with Crippen LogP contribution in [0.25, 0.3) is 0 Å². The Balaban J connectivity index is 2.20. The number of nitrogens with zero attached hydrogens (tertiary/aromatic N) is 1. The number of nitrogens with two attached hydrogens (primary N) is 1. The summed E-state index contributed by atoms with van der Waals surface area (Å²) in [6, 6.07) is 12.9. The first-order valence-corrected chi connectivity index (χ1v) is 6.75. The topological polar surface area (TPSA) is 127 Å². The molecule has 0 aliphatic carbocycles. The molecule has 0 fully saturated rings. The molecule has 0 radical (unpaired) electrons. The highest BCUT2D eigenvalue weighted by atomic mass is 16.8. The lowest BCUT2D eigenvalue weighted by atomic mass is 9.83. The molecule has 0 aromatic heterocycles. The average Bonchev–Trinajstić information content (AvgIpc) is 2.53. The van der Waals surface area contributed by atoms with E-state index in [2.05, 4.69) is 0 Å². The van der Waals surface area contributed by atoms with Crippen LogP contribution < -0.4 is 15.7 Å². The lowest BCUT2D eigenvalue weighted by Crippen LogP contribution is -2.99. The molecule has 7 heteroatoms. The highest BCUT2D eigenvalue weighted by molar-refractivity contribution is 5.58. The van der Waals surface area contributed by atoms with Gasteiger partial charge in [0.05, 0.1) is 5.92 Å². The largest absolute Gasteiger partial charge is 0.595 e. The zero-order valence-electron chi connectivity index (χ0n) is 11.9. The molecule has 2 aromatic carbocycles. The van der Waals surface area contributed by atoms with E-state index in [1.807, 2.05) is 6.07 Å². The van der Waals surface area contributed by atoms with Crippen LogP contribution in [-0.4, -0.2) is 10.3 Å². The Morgan fingerprint density at radius 3 is 2.74 bits per heavy atom. The summed E-state index contributed by atoms with van der Waals surface area (Å²) < 4.78 is 5.40. The van der Waals surface area contributed by atoms with E-state index in [-0.39, 0.29) is 22.9 Å². The van der Waals surface area contributed by atoms with E-state index in [1.165, 1.54) is 24.3 Å². The van der Waals surface area contributed by atoms with Crippen molar-refractivity contribution in [2.75, 3.05) is 0 Å². The minimum atomic E-state index is -1.06. The highest BCUT2D eigenvalue weighted by Crippen LogP contribution is 2.43. The number of nitrogens with one attached hydrogen (secondary N) is 1. The number of hydrogen-bond acceptors (Lipinski definition) is 6. The number of phenolic OH excluding ortho intramolecular Hbond substituents is 1. The molecule has 5 N–H and O–H groups in total. The van der Waals surface area contributed by atoms with Crippen LogP contribution in [0.4, 0.5) is 5.69 Å². The molecular formula is C16H13N3O4. The predicted octanol–water partition coefficient (Wildman–Crippen LogP) is 1.01. The van der Waals surface area contributed by atoms with Crippen LogP contribution in [0, 0.1) is 16.5 Å². The van der Waals surface area contributed by atoms with Gasteiger partial charge in [-0.3, -0.25) is 0 Å². The highest BCUT2D eigenvalue weighted by Gasteiger charge is 2.31. The van der Waals surface area contributed by atoms with Crippen LogP contribution in [-0.2, 0) is 0 Å². The van der Waals surface area contributed by atoms with E-state index < -0.39 is 11.1 Å². The molecule has 7 nitrogen and oxygen atoms in total. The Bertz CT molecular complexity index is 839. The monoisotopic (exact) mass is 311 g/mol. The normalized spacial score (nSPS) is 17.9. The lowest BCUT2D eigenvalue weighted by molar-refractivity contribution is -0.991. The molecule has 0 saturated carbocycles. The molecule has 2 atom stereocenters. The van der Waals surface area contributed by atoms with Crippen molar-refractivity contribution >= 4 is 5.69 Å². The minimum Gasteiger partial charge on any atom is -0.595 e. The van der Waals surface area contributed by atoms with E-state index in [0.717, 1.165) is 0 Å². The van der Waals surface area contributed by atoms with Crippen LogP contribution in [0.3, 0.4) is 0 Å². The summed E-state index contributed by atoms with van der Waals surface area (Å²) in [7, 11) is 0. The lowest BCUT2D eigenvalue weighted by Gasteiger charge is -2.26. The second kappa shape index (κ2) is 5.62. The number of phenols is 1. The molecule has 3 rings (SSSR count). The van der Waals surface area contributed by atoms with Gasteiger partial charge in [-0.15, -0.1) is 0 Å². The fourth-order valence-electron chi connectivity index (χ4n) is 2.64. The van der Waals surface area contributed by atoms with Gasteiger partial charge in [0.2, 0.25) is 5.88 Å². The maximum absolute atomic E-state index is 11.2. The van der Waals surface area contributed by atoms with Gasteiger partial charge < -0.3 is 20.8 Å². The fourth-order valence-corrected chi connectivity index (χ4v) is 2.64. The van der Waals surface area contributed by atoms with Crippen LogP contribution in [0.15, 0.2) is 53.9 Å². The summed E-state index contributed by atoms with van der Waals surface area (Å²) in [4.78, 5) is 0. The van der Waals surface area contributed by atoms with Gasteiger partial charge in [-0.1, -0.05) is 18.2 Å². The van der Waals surface area contributed by atoms with Crippen molar-refractivity contribution in [3.05, 3.63) is 70.3 Å². The summed E-state index contributed by atoms with van der Waals surface area (Å²) in [5, 5.41) is 38.3. The molecule has 1 aliphatic rings. The second-order valence-electron chi connectivity index (χ2n) is 5.08. The smallest absolute Gasteiger partial charge is 0.205 e. The first-order chi connectivity index (χ1) is 11.0. The molecule has 1 heterocycles. The molecule has 2 aromatic rings. The maximum Gasteiger partial charge on any atom is 0.205 e. The Hall–Kier alpha value is -3.05. The molecule has 0 bridgehead atoms. The Morgan fingerprint density at radius 1 is 1.26 bits per heavy atom. The van der Waals surface area contributed by atoms with Gasteiger partial charge in [-0.05, 0) is 11.6 Å². The van der Waals surface area contributed by atoms with Crippen molar-refractivity contribution in [3.8, 4) is 17.6 Å². The van der Waals surface area contributed by atoms with Crippen LogP contribution in [0.2, 0.25) is 0 Å². The van der Waals surface area contributed by atoms with E-state index in [9.17, 15) is 15.6 Å². The molecule has 116 valence electrons. The van der Waals surface area contributed by atoms with E-state index in [4.69, 9.17) is 15.7 Å². The molecule has 0 amide bonds. The van der Waals surface area contributed by atoms with Gasteiger partial charge in [0.25, 0.3) is 0 Å². The van der Waals surface area contributed by atoms with Crippen molar-refractivity contribution in [1.82, 2.24) is 0 Å². The van der Waals surface area contributed by atoms with E-state index in [1.54, 1.807) is 18.2 Å². The van der Waals surface area contributed by atoms with Crippen LogP contribution in [0.1, 0.15) is 17.0 Å². The van der Waals surface area contributed by atoms with Gasteiger partial charge in [0.15, 0.2) is 5.69 Å². The number of aromatic hydroxyl groups is 1. The SMILES string of the molecule is N#CC1=C(N)Oc2cc(O)ccc2[C@H]1c1cccc([NH+]([O-])O)c1. The minimum absolute atomic E-state index is 0.00925. The zero-order chi connectivity index (χ0) is 16.6. The van der Waals surface area contributed by atoms with Gasteiger partial charge in [-0.2, -0.15) is 10.5 Å². The van der Waals surface area contributed by atoms with Gasteiger partial charge >= 0.3 is 0 Å². The Morgan fingerprint density at radius 2 is 2.04 bits per heavy atom. The van der Waals surface area contributed by atoms with Crippen molar-refractivity contribution in [2.45, 2.75) is 5.92 Å². The summed E-state index contributed by atoms with van der Waals surface area (Å²) in [6.45, 7) is 0. The Labute approximate surface area is 131 Å². The maximum atomic E-state index is 11.2. The third-order valence-electron chi connectivity index (χ3n) is 3.67. The van der Waals surface area contributed by atoms with E-state index in [0.29, 0.717) is 16.9 Å². The molecule has 1 unspecified atom stereocenters. The van der Waals surface area contributed by atoms with Crippen molar-refractivity contribution in [2.24, 2.45) is 5.73 Å². The average molecular weight is 311 g/mol. The van der Waals surface area contributed by atoms with Crippen molar-refractivity contribution in [3.63, 3.8) is 0 Å². The number of quaternary nitrogens is 1. The number of allylic oxidation sites excluding steroid dienone is 1. The molecule has 0 saturated heterocycles. The second-order valence-corrected chi connectivity index (χ2v) is 5.08. The summed E-state index contributed by atoms with van der Waals surface area (Å²) >= 11 is 0. The van der Waals surface area contributed by atoms with Crippen LogP contribution >= 0.6 is 0 Å².